The van der Waals surface area contributed by atoms with Crippen molar-refractivity contribution >= 4 is 18.3 Å². The van der Waals surface area contributed by atoms with Crippen LogP contribution in [0.25, 0.3) is 0 Å². The van der Waals surface area contributed by atoms with Gasteiger partial charge in [-0.05, 0) is 43.1 Å². The summed E-state index contributed by atoms with van der Waals surface area (Å²) in [5.74, 6) is 1.41. The van der Waals surface area contributed by atoms with Gasteiger partial charge in [-0.25, -0.2) is 0 Å². The largest absolute Gasteiger partial charge is 0.494 e. The molecule has 0 atom stereocenters. The zero-order valence-corrected chi connectivity index (χ0v) is 14.0. The number of carbonyl (C=O) groups is 1. The lowest BCUT2D eigenvalue weighted by molar-refractivity contribution is 0.0954. The van der Waals surface area contributed by atoms with Gasteiger partial charge in [-0.1, -0.05) is 20.8 Å². The van der Waals surface area contributed by atoms with Crippen LogP contribution < -0.4 is 15.4 Å². The Balaban J connectivity index is 0.00000400. The SMILES string of the molecule is CCNCCNC(=O)c1ccc(OCCC(C)C)cc1.Cl. The molecule has 1 aromatic rings. The van der Waals surface area contributed by atoms with E-state index in [2.05, 4.69) is 24.5 Å². The number of ether oxygens (including phenoxy) is 1. The molecule has 0 aliphatic heterocycles. The van der Waals surface area contributed by atoms with Gasteiger partial charge >= 0.3 is 0 Å². The summed E-state index contributed by atoms with van der Waals surface area (Å²) in [6, 6.07) is 7.29. The van der Waals surface area contributed by atoms with Crippen molar-refractivity contribution in [1.29, 1.82) is 0 Å². The summed E-state index contributed by atoms with van der Waals surface area (Å²) < 4.78 is 5.62. The van der Waals surface area contributed by atoms with Crippen molar-refractivity contribution in [2.45, 2.75) is 27.2 Å². The highest BCUT2D eigenvalue weighted by atomic mass is 35.5. The molecule has 0 spiro atoms. The van der Waals surface area contributed by atoms with E-state index >= 15 is 0 Å². The molecule has 1 rings (SSSR count). The molecule has 1 aromatic carbocycles. The van der Waals surface area contributed by atoms with Crippen molar-refractivity contribution in [3.8, 4) is 5.75 Å². The molecule has 0 bridgehead atoms. The summed E-state index contributed by atoms with van der Waals surface area (Å²) >= 11 is 0. The Labute approximate surface area is 134 Å². The molecule has 4 nitrogen and oxygen atoms in total. The Morgan fingerprint density at radius 2 is 1.86 bits per heavy atom. The van der Waals surface area contributed by atoms with Crippen LogP contribution in [0.3, 0.4) is 0 Å². The van der Waals surface area contributed by atoms with E-state index in [1.807, 2.05) is 19.1 Å². The van der Waals surface area contributed by atoms with E-state index in [0.717, 1.165) is 25.3 Å². The molecular formula is C16H27ClN2O2. The van der Waals surface area contributed by atoms with Gasteiger partial charge in [0.15, 0.2) is 0 Å². The minimum atomic E-state index is -0.0448. The van der Waals surface area contributed by atoms with Crippen molar-refractivity contribution in [2.24, 2.45) is 5.92 Å². The van der Waals surface area contributed by atoms with Crippen LogP contribution in [0.2, 0.25) is 0 Å². The minimum absolute atomic E-state index is 0. The van der Waals surface area contributed by atoms with E-state index in [0.29, 0.717) is 24.6 Å². The van der Waals surface area contributed by atoms with E-state index in [-0.39, 0.29) is 18.3 Å². The molecule has 0 saturated heterocycles. The van der Waals surface area contributed by atoms with Gasteiger partial charge in [0.1, 0.15) is 5.75 Å². The molecule has 0 unspecified atom stereocenters. The number of benzene rings is 1. The normalized spacial score (nSPS) is 10.1. The molecule has 0 aliphatic carbocycles. The Hall–Kier alpha value is -1.26. The van der Waals surface area contributed by atoms with Gasteiger partial charge in [0, 0.05) is 18.7 Å². The monoisotopic (exact) mass is 314 g/mol. The molecule has 2 N–H and O–H groups in total. The van der Waals surface area contributed by atoms with Crippen LogP contribution in [0.4, 0.5) is 0 Å². The topological polar surface area (TPSA) is 50.4 Å². The van der Waals surface area contributed by atoms with Gasteiger partial charge in [0.25, 0.3) is 5.91 Å². The summed E-state index contributed by atoms with van der Waals surface area (Å²) in [5, 5.41) is 6.03. The zero-order chi connectivity index (χ0) is 14.8. The van der Waals surface area contributed by atoms with Gasteiger partial charge in [0.05, 0.1) is 6.61 Å². The van der Waals surface area contributed by atoms with Gasteiger partial charge in [-0.15, -0.1) is 12.4 Å². The van der Waals surface area contributed by atoms with Crippen LogP contribution in [0.5, 0.6) is 5.75 Å². The smallest absolute Gasteiger partial charge is 0.251 e. The average molecular weight is 315 g/mol. The standard InChI is InChI=1S/C16H26N2O2.ClH/c1-4-17-10-11-18-16(19)14-5-7-15(8-6-14)20-12-9-13(2)3;/h5-8,13,17H,4,9-12H2,1-3H3,(H,18,19);1H. The maximum Gasteiger partial charge on any atom is 0.251 e. The lowest BCUT2D eigenvalue weighted by Gasteiger charge is -2.09. The first-order chi connectivity index (χ1) is 9.63. The van der Waals surface area contributed by atoms with Gasteiger partial charge in [-0.2, -0.15) is 0 Å². The quantitative estimate of drug-likeness (QED) is 0.689. The van der Waals surface area contributed by atoms with Crippen molar-refractivity contribution in [3.63, 3.8) is 0 Å². The maximum atomic E-state index is 11.8. The van der Waals surface area contributed by atoms with E-state index in [4.69, 9.17) is 4.74 Å². The second-order valence-corrected chi connectivity index (χ2v) is 5.16. The number of carbonyl (C=O) groups excluding carboxylic acids is 1. The van der Waals surface area contributed by atoms with E-state index < -0.39 is 0 Å². The first kappa shape index (κ1) is 19.7. The van der Waals surface area contributed by atoms with Gasteiger partial charge < -0.3 is 15.4 Å². The van der Waals surface area contributed by atoms with Crippen molar-refractivity contribution in [2.75, 3.05) is 26.2 Å². The predicted octanol–water partition coefficient (Wildman–Crippen LogP) is 2.87. The summed E-state index contributed by atoms with van der Waals surface area (Å²) in [7, 11) is 0. The third-order valence-electron chi connectivity index (χ3n) is 2.92. The molecule has 0 aliphatic rings. The summed E-state index contributed by atoms with van der Waals surface area (Å²) in [6.45, 7) is 9.44. The predicted molar refractivity (Wildman–Crippen MR) is 89.5 cm³/mol. The first-order valence-electron chi connectivity index (χ1n) is 7.35. The molecular weight excluding hydrogens is 288 g/mol. The highest BCUT2D eigenvalue weighted by Gasteiger charge is 2.04. The third kappa shape index (κ3) is 8.58. The Kier molecular flexibility index (Phi) is 10.7. The molecule has 21 heavy (non-hydrogen) atoms. The fourth-order valence-corrected chi connectivity index (χ4v) is 1.66. The highest BCUT2D eigenvalue weighted by Crippen LogP contribution is 2.13. The number of rotatable bonds is 9. The minimum Gasteiger partial charge on any atom is -0.494 e. The summed E-state index contributed by atoms with van der Waals surface area (Å²) in [5.41, 5.74) is 0.665. The summed E-state index contributed by atoms with van der Waals surface area (Å²) in [6.07, 6.45) is 1.03. The van der Waals surface area contributed by atoms with E-state index in [9.17, 15) is 4.79 Å². The van der Waals surface area contributed by atoms with Crippen LogP contribution in [0.1, 0.15) is 37.6 Å². The zero-order valence-electron chi connectivity index (χ0n) is 13.1. The van der Waals surface area contributed by atoms with Crippen LogP contribution in [0, 0.1) is 5.92 Å². The molecule has 5 heteroatoms. The lowest BCUT2D eigenvalue weighted by atomic mass is 10.1. The average Bonchev–Trinajstić information content (AvgIpc) is 2.44. The van der Waals surface area contributed by atoms with Crippen LogP contribution in [0.15, 0.2) is 24.3 Å². The highest BCUT2D eigenvalue weighted by molar-refractivity contribution is 5.94. The fraction of sp³-hybridized carbons (Fsp3) is 0.562. The molecule has 120 valence electrons. The molecule has 0 aromatic heterocycles. The van der Waals surface area contributed by atoms with Crippen molar-refractivity contribution in [1.82, 2.24) is 10.6 Å². The third-order valence-corrected chi connectivity index (χ3v) is 2.92. The number of nitrogens with one attached hydrogen (secondary N) is 2. The molecule has 0 radical (unpaired) electrons. The maximum absolute atomic E-state index is 11.8. The number of amides is 1. The molecule has 0 fully saturated rings. The molecule has 0 saturated carbocycles. The second kappa shape index (κ2) is 11.4. The number of hydrogen-bond acceptors (Lipinski definition) is 3. The second-order valence-electron chi connectivity index (χ2n) is 5.16. The summed E-state index contributed by atoms with van der Waals surface area (Å²) in [4.78, 5) is 11.8. The van der Waals surface area contributed by atoms with E-state index in [1.54, 1.807) is 12.1 Å². The van der Waals surface area contributed by atoms with Gasteiger partial charge in [-0.3, -0.25) is 4.79 Å². The first-order valence-corrected chi connectivity index (χ1v) is 7.35. The number of halogens is 1. The van der Waals surface area contributed by atoms with Crippen LogP contribution >= 0.6 is 12.4 Å². The van der Waals surface area contributed by atoms with Gasteiger partial charge in [0.2, 0.25) is 0 Å². The molecule has 0 heterocycles. The van der Waals surface area contributed by atoms with Crippen molar-refractivity contribution < 1.29 is 9.53 Å². The Bertz CT molecular complexity index is 394. The van der Waals surface area contributed by atoms with Crippen LogP contribution in [-0.2, 0) is 0 Å². The van der Waals surface area contributed by atoms with Crippen molar-refractivity contribution in [3.05, 3.63) is 29.8 Å². The van der Waals surface area contributed by atoms with E-state index in [1.165, 1.54) is 0 Å². The molecule has 1 amide bonds. The number of likely N-dealkylation sites (N-methyl/N-ethyl adjacent to an activating group) is 1. The van der Waals surface area contributed by atoms with Crippen LogP contribution in [-0.4, -0.2) is 32.1 Å². The Morgan fingerprint density at radius 1 is 1.19 bits per heavy atom. The number of hydrogen-bond donors (Lipinski definition) is 2. The Morgan fingerprint density at radius 3 is 2.43 bits per heavy atom. The lowest BCUT2D eigenvalue weighted by Crippen LogP contribution is -2.31. The fourth-order valence-electron chi connectivity index (χ4n) is 1.66.